The molecule has 1 saturated heterocycles. The summed E-state index contributed by atoms with van der Waals surface area (Å²) in [4.78, 5) is 4.77. The first kappa shape index (κ1) is 22.4. The van der Waals surface area contributed by atoms with E-state index in [0.29, 0.717) is 25.4 Å². The summed E-state index contributed by atoms with van der Waals surface area (Å²) in [5, 5.41) is 11.5. The molecule has 2 fully saturated rings. The van der Waals surface area contributed by atoms with Gasteiger partial charge in [-0.25, -0.2) is 0 Å². The zero-order valence-corrected chi connectivity index (χ0v) is 17.4. The number of aliphatic hydroxyl groups is 1. The number of piperazine rings is 1. The van der Waals surface area contributed by atoms with Crippen molar-refractivity contribution in [3.05, 3.63) is 29.8 Å². The molecule has 1 heterocycles. The predicted octanol–water partition coefficient (Wildman–Crippen LogP) is 4.39. The Labute approximate surface area is 171 Å². The van der Waals surface area contributed by atoms with E-state index in [1.807, 2.05) is 6.07 Å². The molecule has 0 bridgehead atoms. The molecule has 1 aliphatic heterocycles. The minimum Gasteiger partial charge on any atom is -0.406 e. The number of nitrogens with zero attached hydrogens (tertiary/aromatic N) is 2. The first-order chi connectivity index (χ1) is 13.7. The van der Waals surface area contributed by atoms with Crippen LogP contribution in [0.5, 0.6) is 5.75 Å². The first-order valence-corrected chi connectivity index (χ1v) is 10.7. The zero-order chi connectivity index (χ0) is 21.1. The van der Waals surface area contributed by atoms with Crippen LogP contribution in [0.4, 0.5) is 13.2 Å². The van der Waals surface area contributed by atoms with Crippen molar-refractivity contribution in [3.63, 3.8) is 0 Å². The van der Waals surface area contributed by atoms with Crippen molar-refractivity contribution in [2.75, 3.05) is 32.7 Å². The van der Waals surface area contributed by atoms with Gasteiger partial charge < -0.3 is 14.7 Å². The molecule has 1 saturated carbocycles. The quantitative estimate of drug-likeness (QED) is 0.749. The second-order valence-electron chi connectivity index (χ2n) is 8.77. The number of hydrogen-bond acceptors (Lipinski definition) is 4. The van der Waals surface area contributed by atoms with Gasteiger partial charge in [-0.2, -0.15) is 0 Å². The highest BCUT2D eigenvalue weighted by atomic mass is 19.4. The van der Waals surface area contributed by atoms with E-state index in [-0.39, 0.29) is 11.7 Å². The molecule has 4 nitrogen and oxygen atoms in total. The second-order valence-corrected chi connectivity index (χ2v) is 8.77. The van der Waals surface area contributed by atoms with Gasteiger partial charge in [-0.3, -0.25) is 4.90 Å². The van der Waals surface area contributed by atoms with E-state index < -0.39 is 12.0 Å². The highest BCUT2D eigenvalue weighted by molar-refractivity contribution is 5.33. The number of benzene rings is 1. The molecule has 29 heavy (non-hydrogen) atoms. The minimum atomic E-state index is -4.72. The molecule has 1 atom stereocenters. The van der Waals surface area contributed by atoms with Crippen molar-refractivity contribution in [3.8, 4) is 5.75 Å². The first-order valence-electron chi connectivity index (χ1n) is 10.7. The second kappa shape index (κ2) is 9.23. The molecule has 7 heteroatoms. The summed E-state index contributed by atoms with van der Waals surface area (Å²) in [5.74, 6) is -0.450. The minimum absolute atomic E-state index is 0.218. The highest BCUT2D eigenvalue weighted by Gasteiger charge is 2.40. The lowest BCUT2D eigenvalue weighted by Crippen LogP contribution is -2.52. The lowest BCUT2D eigenvalue weighted by molar-refractivity contribution is -0.274. The molecule has 1 aliphatic carbocycles. The van der Waals surface area contributed by atoms with E-state index in [9.17, 15) is 18.3 Å². The van der Waals surface area contributed by atoms with Gasteiger partial charge in [0.2, 0.25) is 0 Å². The topological polar surface area (TPSA) is 35.9 Å². The fourth-order valence-corrected chi connectivity index (χ4v) is 4.75. The van der Waals surface area contributed by atoms with Crippen molar-refractivity contribution in [1.82, 2.24) is 9.80 Å². The fourth-order valence-electron chi connectivity index (χ4n) is 4.75. The molecule has 1 N–H and O–H groups in total. The van der Waals surface area contributed by atoms with Crippen molar-refractivity contribution in [2.45, 2.75) is 69.9 Å². The van der Waals surface area contributed by atoms with Crippen LogP contribution in [-0.2, 0) is 0 Å². The largest absolute Gasteiger partial charge is 0.573 e. The number of halogens is 3. The smallest absolute Gasteiger partial charge is 0.406 e. The van der Waals surface area contributed by atoms with Crippen molar-refractivity contribution >= 4 is 0 Å². The molecule has 1 aromatic carbocycles. The Morgan fingerprint density at radius 1 is 1.07 bits per heavy atom. The van der Waals surface area contributed by atoms with E-state index in [1.54, 1.807) is 6.07 Å². The number of rotatable bonds is 6. The van der Waals surface area contributed by atoms with Crippen LogP contribution in [0.25, 0.3) is 0 Å². The number of alkyl halides is 3. The molecule has 0 aromatic heterocycles. The van der Waals surface area contributed by atoms with Crippen LogP contribution in [0.1, 0.15) is 57.4 Å². The zero-order valence-electron chi connectivity index (χ0n) is 17.4. The average Bonchev–Trinajstić information content (AvgIpc) is 2.66. The van der Waals surface area contributed by atoms with Gasteiger partial charge in [-0.15, -0.1) is 13.2 Å². The van der Waals surface area contributed by atoms with Gasteiger partial charge >= 0.3 is 6.36 Å². The Morgan fingerprint density at radius 3 is 2.31 bits per heavy atom. The van der Waals surface area contributed by atoms with Crippen molar-refractivity contribution < 1.29 is 23.0 Å². The SMILES string of the molecule is CC(C)N1CCN(CC(c2cccc(OC(F)(F)F)c2)C2(O)CCCCC2)CC1. The van der Waals surface area contributed by atoms with Crippen LogP contribution in [0.3, 0.4) is 0 Å². The molecule has 1 unspecified atom stereocenters. The maximum atomic E-state index is 12.7. The van der Waals surface area contributed by atoms with Gasteiger partial charge in [0.25, 0.3) is 0 Å². The van der Waals surface area contributed by atoms with Gasteiger partial charge in [0.15, 0.2) is 0 Å². The Hall–Kier alpha value is -1.31. The van der Waals surface area contributed by atoms with Gasteiger partial charge in [0.1, 0.15) is 5.75 Å². The molecule has 3 rings (SSSR count). The van der Waals surface area contributed by atoms with Crippen LogP contribution in [-0.4, -0.2) is 65.6 Å². The van der Waals surface area contributed by atoms with E-state index in [0.717, 1.165) is 51.0 Å². The van der Waals surface area contributed by atoms with E-state index in [1.165, 1.54) is 12.1 Å². The lowest BCUT2D eigenvalue weighted by atomic mass is 9.72. The molecule has 1 aromatic rings. The predicted molar refractivity (Wildman–Crippen MR) is 107 cm³/mol. The van der Waals surface area contributed by atoms with Crippen LogP contribution >= 0.6 is 0 Å². The molecule has 2 aliphatic rings. The third-order valence-corrected chi connectivity index (χ3v) is 6.44. The van der Waals surface area contributed by atoms with Crippen molar-refractivity contribution in [1.29, 1.82) is 0 Å². The Morgan fingerprint density at radius 2 is 1.72 bits per heavy atom. The molecule has 164 valence electrons. The molecular weight excluding hydrogens is 381 g/mol. The van der Waals surface area contributed by atoms with Crippen LogP contribution in [0.2, 0.25) is 0 Å². The maximum absolute atomic E-state index is 12.7. The van der Waals surface area contributed by atoms with E-state index >= 15 is 0 Å². The Bertz CT molecular complexity index is 652. The molecular formula is C22H33F3N2O2. The summed E-state index contributed by atoms with van der Waals surface area (Å²) < 4.78 is 42.2. The van der Waals surface area contributed by atoms with E-state index in [2.05, 4.69) is 28.4 Å². The van der Waals surface area contributed by atoms with Gasteiger partial charge in [0.05, 0.1) is 5.60 Å². The summed E-state index contributed by atoms with van der Waals surface area (Å²) in [7, 11) is 0. The summed E-state index contributed by atoms with van der Waals surface area (Å²) in [5.41, 5.74) is -0.160. The molecule has 0 amide bonds. The summed E-state index contributed by atoms with van der Waals surface area (Å²) in [6, 6.07) is 6.69. The Balaban J connectivity index is 1.80. The van der Waals surface area contributed by atoms with Gasteiger partial charge in [-0.1, -0.05) is 31.4 Å². The third-order valence-electron chi connectivity index (χ3n) is 6.44. The summed E-state index contributed by atoms with van der Waals surface area (Å²) in [6.45, 7) is 8.79. The standard InChI is InChI=1S/C22H33F3N2O2/c1-17(2)27-13-11-26(12-14-27)16-20(21(28)9-4-3-5-10-21)18-7-6-8-19(15-18)29-22(23,24)25/h6-8,15,17,20,28H,3-5,9-14,16H2,1-2H3. The lowest BCUT2D eigenvalue weighted by Gasteiger charge is -2.44. The van der Waals surface area contributed by atoms with Gasteiger partial charge in [-0.05, 0) is 44.4 Å². The summed E-state index contributed by atoms with van der Waals surface area (Å²) >= 11 is 0. The van der Waals surface area contributed by atoms with E-state index in [4.69, 9.17) is 0 Å². The number of ether oxygens (including phenoxy) is 1. The van der Waals surface area contributed by atoms with Gasteiger partial charge in [0, 0.05) is 44.7 Å². The van der Waals surface area contributed by atoms with Crippen LogP contribution in [0.15, 0.2) is 24.3 Å². The van der Waals surface area contributed by atoms with Crippen LogP contribution in [0, 0.1) is 0 Å². The van der Waals surface area contributed by atoms with Crippen LogP contribution < -0.4 is 4.74 Å². The number of hydrogen-bond donors (Lipinski definition) is 1. The molecule has 0 radical (unpaired) electrons. The summed E-state index contributed by atoms with van der Waals surface area (Å²) in [6.07, 6.45) is -0.343. The third kappa shape index (κ3) is 6.09. The van der Waals surface area contributed by atoms with Crippen molar-refractivity contribution in [2.24, 2.45) is 0 Å². The molecule has 0 spiro atoms. The maximum Gasteiger partial charge on any atom is 0.573 e. The Kier molecular flexibility index (Phi) is 7.12. The average molecular weight is 415 g/mol. The highest BCUT2D eigenvalue weighted by Crippen LogP contribution is 2.41. The fraction of sp³-hybridized carbons (Fsp3) is 0.727. The normalized spacial score (nSPS) is 22.6. The monoisotopic (exact) mass is 414 g/mol.